The van der Waals surface area contributed by atoms with E-state index in [2.05, 4.69) is 23.2 Å². The molecular formula is C13H13N3O. The SMILES string of the molecule is Cc1oc2c(-c3cn[nH]c3N)cccc2c1C. The van der Waals surface area contributed by atoms with Gasteiger partial charge in [-0.25, -0.2) is 0 Å². The number of hydrogen-bond donors (Lipinski definition) is 2. The van der Waals surface area contributed by atoms with Crippen molar-refractivity contribution in [3.8, 4) is 11.1 Å². The Bertz CT molecular complexity index is 694. The van der Waals surface area contributed by atoms with Crippen LogP contribution in [0.5, 0.6) is 0 Å². The van der Waals surface area contributed by atoms with Gasteiger partial charge < -0.3 is 10.2 Å². The second kappa shape index (κ2) is 3.38. The minimum atomic E-state index is 0.559. The van der Waals surface area contributed by atoms with Crippen LogP contribution < -0.4 is 5.73 Å². The minimum Gasteiger partial charge on any atom is -0.460 e. The predicted octanol–water partition coefficient (Wildman–Crippen LogP) is 3.02. The minimum absolute atomic E-state index is 0.559. The van der Waals surface area contributed by atoms with Crippen molar-refractivity contribution >= 4 is 16.8 Å². The highest BCUT2D eigenvalue weighted by Crippen LogP contribution is 2.34. The zero-order valence-electron chi connectivity index (χ0n) is 9.74. The summed E-state index contributed by atoms with van der Waals surface area (Å²) in [6.45, 7) is 4.03. The molecule has 1 aromatic carbocycles. The van der Waals surface area contributed by atoms with Crippen molar-refractivity contribution in [1.29, 1.82) is 0 Å². The van der Waals surface area contributed by atoms with Gasteiger partial charge in [-0.15, -0.1) is 0 Å². The maximum absolute atomic E-state index is 5.85. The molecule has 0 saturated carbocycles. The van der Waals surface area contributed by atoms with E-state index in [4.69, 9.17) is 10.2 Å². The second-order valence-electron chi connectivity index (χ2n) is 4.16. The number of nitrogen functional groups attached to an aromatic ring is 1. The molecule has 4 heteroatoms. The van der Waals surface area contributed by atoms with Gasteiger partial charge in [0.05, 0.1) is 6.20 Å². The Morgan fingerprint density at radius 3 is 2.76 bits per heavy atom. The fraction of sp³-hybridized carbons (Fsp3) is 0.154. The van der Waals surface area contributed by atoms with Crippen molar-refractivity contribution in [2.45, 2.75) is 13.8 Å². The summed E-state index contributed by atoms with van der Waals surface area (Å²) >= 11 is 0. The standard InChI is InChI=1S/C13H13N3O/c1-7-8(2)17-12-9(7)4-3-5-10(12)11-6-15-16-13(11)14/h3-6H,1-2H3,(H3,14,15,16). The highest BCUT2D eigenvalue weighted by atomic mass is 16.3. The molecule has 0 aliphatic rings. The van der Waals surface area contributed by atoms with Gasteiger partial charge in [-0.05, 0) is 19.4 Å². The van der Waals surface area contributed by atoms with Gasteiger partial charge in [0.1, 0.15) is 17.2 Å². The lowest BCUT2D eigenvalue weighted by Gasteiger charge is -2.00. The van der Waals surface area contributed by atoms with E-state index in [-0.39, 0.29) is 0 Å². The molecule has 0 spiro atoms. The predicted molar refractivity (Wildman–Crippen MR) is 67.7 cm³/mol. The fourth-order valence-corrected chi connectivity index (χ4v) is 2.08. The number of aryl methyl sites for hydroxylation is 2. The van der Waals surface area contributed by atoms with Crippen LogP contribution in [0, 0.1) is 13.8 Å². The molecule has 0 atom stereocenters. The molecule has 0 amide bonds. The van der Waals surface area contributed by atoms with Crippen LogP contribution in [-0.2, 0) is 0 Å². The molecule has 0 aliphatic carbocycles. The number of anilines is 1. The highest BCUT2D eigenvalue weighted by molar-refractivity contribution is 5.96. The third-order valence-corrected chi connectivity index (χ3v) is 3.16. The topological polar surface area (TPSA) is 67.8 Å². The molecule has 2 heterocycles. The molecule has 3 aromatic rings. The third kappa shape index (κ3) is 1.34. The Balaban J connectivity index is 2.38. The Kier molecular flexibility index (Phi) is 1.98. The van der Waals surface area contributed by atoms with E-state index >= 15 is 0 Å². The fourth-order valence-electron chi connectivity index (χ4n) is 2.08. The summed E-state index contributed by atoms with van der Waals surface area (Å²) in [5.41, 5.74) is 9.75. The van der Waals surface area contributed by atoms with Crippen LogP contribution in [0.4, 0.5) is 5.82 Å². The van der Waals surface area contributed by atoms with E-state index in [1.165, 1.54) is 5.56 Å². The lowest BCUT2D eigenvalue weighted by Crippen LogP contribution is -1.87. The molecule has 0 unspecified atom stereocenters. The number of rotatable bonds is 1. The van der Waals surface area contributed by atoms with Gasteiger partial charge in [0.25, 0.3) is 0 Å². The number of furan rings is 1. The second-order valence-corrected chi connectivity index (χ2v) is 4.16. The summed E-state index contributed by atoms with van der Waals surface area (Å²) < 4.78 is 5.81. The number of para-hydroxylation sites is 1. The van der Waals surface area contributed by atoms with Gasteiger partial charge in [0, 0.05) is 16.5 Å². The lowest BCUT2D eigenvalue weighted by atomic mass is 10.0. The normalized spacial score (nSPS) is 11.2. The monoisotopic (exact) mass is 227 g/mol. The first-order valence-corrected chi connectivity index (χ1v) is 5.46. The average Bonchev–Trinajstić information content (AvgIpc) is 2.85. The largest absolute Gasteiger partial charge is 0.460 e. The molecule has 0 radical (unpaired) electrons. The summed E-state index contributed by atoms with van der Waals surface area (Å²) in [4.78, 5) is 0. The highest BCUT2D eigenvalue weighted by Gasteiger charge is 2.14. The summed E-state index contributed by atoms with van der Waals surface area (Å²) in [5.74, 6) is 1.50. The van der Waals surface area contributed by atoms with Crippen molar-refractivity contribution < 1.29 is 4.42 Å². The van der Waals surface area contributed by atoms with Crippen LogP contribution >= 0.6 is 0 Å². The van der Waals surface area contributed by atoms with Gasteiger partial charge in [-0.2, -0.15) is 5.10 Å². The van der Waals surface area contributed by atoms with Crippen molar-refractivity contribution in [3.63, 3.8) is 0 Å². The summed E-state index contributed by atoms with van der Waals surface area (Å²) in [5, 5.41) is 7.81. The van der Waals surface area contributed by atoms with Crippen LogP contribution in [0.1, 0.15) is 11.3 Å². The van der Waals surface area contributed by atoms with E-state index in [0.29, 0.717) is 5.82 Å². The number of fused-ring (bicyclic) bond motifs is 1. The molecule has 3 N–H and O–H groups in total. The number of nitrogens with one attached hydrogen (secondary N) is 1. The molecule has 2 aromatic heterocycles. The molecule has 0 aliphatic heterocycles. The van der Waals surface area contributed by atoms with Gasteiger partial charge in [-0.3, -0.25) is 5.10 Å². The Morgan fingerprint density at radius 1 is 1.24 bits per heavy atom. The third-order valence-electron chi connectivity index (χ3n) is 3.16. The Hall–Kier alpha value is -2.23. The molecule has 4 nitrogen and oxygen atoms in total. The van der Waals surface area contributed by atoms with E-state index in [0.717, 1.165) is 27.9 Å². The first kappa shape index (κ1) is 9.96. The number of benzene rings is 1. The number of H-pyrrole nitrogens is 1. The van der Waals surface area contributed by atoms with Crippen LogP contribution in [-0.4, -0.2) is 10.2 Å². The zero-order chi connectivity index (χ0) is 12.0. The summed E-state index contributed by atoms with van der Waals surface area (Å²) in [7, 11) is 0. The van der Waals surface area contributed by atoms with Crippen molar-refractivity contribution in [3.05, 3.63) is 35.7 Å². The Morgan fingerprint density at radius 2 is 2.06 bits per heavy atom. The molecular weight excluding hydrogens is 214 g/mol. The average molecular weight is 227 g/mol. The van der Waals surface area contributed by atoms with Crippen molar-refractivity contribution in [2.75, 3.05) is 5.73 Å². The van der Waals surface area contributed by atoms with E-state index in [1.807, 2.05) is 19.1 Å². The van der Waals surface area contributed by atoms with Crippen LogP contribution in [0.15, 0.2) is 28.8 Å². The van der Waals surface area contributed by atoms with Gasteiger partial charge in [0.2, 0.25) is 0 Å². The number of nitrogens with zero attached hydrogens (tertiary/aromatic N) is 1. The zero-order valence-corrected chi connectivity index (χ0v) is 9.74. The molecule has 3 rings (SSSR count). The van der Waals surface area contributed by atoms with Crippen LogP contribution in [0.2, 0.25) is 0 Å². The number of nitrogens with two attached hydrogens (primary N) is 1. The summed E-state index contributed by atoms with van der Waals surface area (Å²) in [6, 6.07) is 6.05. The molecule has 0 saturated heterocycles. The lowest BCUT2D eigenvalue weighted by molar-refractivity contribution is 0.576. The Labute approximate surface area is 98.4 Å². The van der Waals surface area contributed by atoms with Crippen LogP contribution in [0.3, 0.4) is 0 Å². The quantitative estimate of drug-likeness (QED) is 0.671. The maximum atomic E-state index is 5.85. The molecule has 86 valence electrons. The van der Waals surface area contributed by atoms with Crippen molar-refractivity contribution in [2.24, 2.45) is 0 Å². The van der Waals surface area contributed by atoms with Gasteiger partial charge >= 0.3 is 0 Å². The molecule has 0 fully saturated rings. The first-order chi connectivity index (χ1) is 8.18. The van der Waals surface area contributed by atoms with E-state index in [9.17, 15) is 0 Å². The smallest absolute Gasteiger partial charge is 0.142 e. The van der Waals surface area contributed by atoms with Crippen LogP contribution in [0.25, 0.3) is 22.1 Å². The number of aromatic amines is 1. The molecule has 0 bridgehead atoms. The number of aromatic nitrogens is 2. The maximum Gasteiger partial charge on any atom is 0.142 e. The van der Waals surface area contributed by atoms with E-state index in [1.54, 1.807) is 6.20 Å². The summed E-state index contributed by atoms with van der Waals surface area (Å²) in [6.07, 6.45) is 1.72. The van der Waals surface area contributed by atoms with E-state index < -0.39 is 0 Å². The molecule has 17 heavy (non-hydrogen) atoms. The number of hydrogen-bond acceptors (Lipinski definition) is 3. The van der Waals surface area contributed by atoms with Gasteiger partial charge in [-0.1, -0.05) is 18.2 Å². The van der Waals surface area contributed by atoms with Crippen molar-refractivity contribution in [1.82, 2.24) is 10.2 Å². The van der Waals surface area contributed by atoms with Gasteiger partial charge in [0.15, 0.2) is 0 Å². The first-order valence-electron chi connectivity index (χ1n) is 5.46.